The first-order valence-corrected chi connectivity index (χ1v) is 3.86. The lowest BCUT2D eigenvalue weighted by Gasteiger charge is -2.12. The monoisotopic (exact) mass is 157 g/mol. The van der Waals surface area contributed by atoms with Gasteiger partial charge in [0.15, 0.2) is 0 Å². The zero-order valence-corrected chi connectivity index (χ0v) is 6.27. The summed E-state index contributed by atoms with van der Waals surface area (Å²) in [5, 5.41) is 3.99. The third kappa shape index (κ3) is 0.926. The van der Waals surface area contributed by atoms with E-state index in [9.17, 15) is 0 Å². The molecule has 0 saturated heterocycles. The van der Waals surface area contributed by atoms with E-state index in [1.54, 1.807) is 6.20 Å². The van der Waals surface area contributed by atoms with Crippen molar-refractivity contribution in [2.24, 2.45) is 0 Å². The molecule has 0 bridgehead atoms. The molecule has 0 fully saturated rings. The number of alkyl halides is 1. The van der Waals surface area contributed by atoms with E-state index in [1.165, 1.54) is 5.56 Å². The molecule has 0 N–H and O–H groups in total. The lowest BCUT2D eigenvalue weighted by molar-refractivity contribution is 0.373. The Bertz CT molecular complexity index is 233. The Morgan fingerprint density at radius 2 is 2.60 bits per heavy atom. The molecule has 0 amide bonds. The third-order valence-electron chi connectivity index (χ3n) is 1.86. The van der Waals surface area contributed by atoms with E-state index in [4.69, 9.17) is 16.1 Å². The van der Waals surface area contributed by atoms with Crippen molar-refractivity contribution in [3.8, 4) is 0 Å². The second-order valence-electron chi connectivity index (χ2n) is 2.61. The number of hydrogen-bond acceptors (Lipinski definition) is 2. The summed E-state index contributed by atoms with van der Waals surface area (Å²) in [6.07, 6.45) is 4.65. The summed E-state index contributed by atoms with van der Waals surface area (Å²) in [5.41, 5.74) is 1.19. The predicted molar refractivity (Wildman–Crippen MR) is 38.2 cm³/mol. The molecule has 0 unspecified atom stereocenters. The summed E-state index contributed by atoms with van der Waals surface area (Å²) in [6, 6.07) is 0. The number of fused-ring (bicyclic) bond motifs is 1. The Morgan fingerprint density at radius 3 is 3.50 bits per heavy atom. The van der Waals surface area contributed by atoms with E-state index >= 15 is 0 Å². The fraction of sp³-hybridized carbons (Fsp3) is 0.571. The molecule has 0 saturated carbocycles. The average molecular weight is 158 g/mol. The Morgan fingerprint density at radius 1 is 1.70 bits per heavy atom. The molecule has 1 aromatic heterocycles. The molecular weight excluding hydrogens is 150 g/mol. The van der Waals surface area contributed by atoms with Gasteiger partial charge in [-0.05, 0) is 12.8 Å². The van der Waals surface area contributed by atoms with Gasteiger partial charge in [-0.3, -0.25) is 0 Å². The van der Waals surface area contributed by atoms with Crippen molar-refractivity contribution in [3.05, 3.63) is 17.5 Å². The van der Waals surface area contributed by atoms with Crippen LogP contribution < -0.4 is 0 Å². The molecule has 3 heteroatoms. The molecule has 0 aromatic carbocycles. The van der Waals surface area contributed by atoms with Gasteiger partial charge in [0, 0.05) is 17.4 Å². The average Bonchev–Trinajstić information content (AvgIpc) is 2.33. The van der Waals surface area contributed by atoms with E-state index in [-0.39, 0.29) is 5.38 Å². The Hall–Kier alpha value is -0.500. The predicted octanol–water partition coefficient (Wildman–Crippen LogP) is 1.77. The van der Waals surface area contributed by atoms with Crippen molar-refractivity contribution >= 4 is 11.6 Å². The molecule has 0 radical (unpaired) electrons. The summed E-state index contributed by atoms with van der Waals surface area (Å²) in [7, 11) is 0. The van der Waals surface area contributed by atoms with Gasteiger partial charge in [0.2, 0.25) is 0 Å². The quantitative estimate of drug-likeness (QED) is 0.537. The number of aromatic nitrogens is 1. The van der Waals surface area contributed by atoms with E-state index in [1.807, 2.05) is 0 Å². The standard InChI is InChI=1S/C7H8ClNO/c8-6-1-2-7-5(3-6)4-9-10-7/h4,6H,1-3H2/t6-/m0/s1. The molecule has 10 heavy (non-hydrogen) atoms. The number of halogens is 1. The molecule has 1 aromatic rings. The minimum Gasteiger partial charge on any atom is -0.361 e. The van der Waals surface area contributed by atoms with Crippen LogP contribution in [-0.4, -0.2) is 10.5 Å². The maximum Gasteiger partial charge on any atom is 0.139 e. The van der Waals surface area contributed by atoms with Gasteiger partial charge in [-0.25, -0.2) is 0 Å². The van der Waals surface area contributed by atoms with Crippen molar-refractivity contribution in [2.75, 3.05) is 0 Å². The Kier molecular flexibility index (Phi) is 1.42. The Balaban J connectivity index is 2.30. The van der Waals surface area contributed by atoms with Crippen molar-refractivity contribution < 1.29 is 4.52 Å². The molecule has 2 rings (SSSR count). The summed E-state index contributed by atoms with van der Waals surface area (Å²) in [5.74, 6) is 1.02. The van der Waals surface area contributed by atoms with Crippen LogP contribution in [0.25, 0.3) is 0 Å². The Labute approximate surface area is 64.2 Å². The fourth-order valence-corrected chi connectivity index (χ4v) is 1.56. The number of nitrogens with zero attached hydrogens (tertiary/aromatic N) is 1. The van der Waals surface area contributed by atoms with Gasteiger partial charge in [0.05, 0.1) is 6.20 Å². The summed E-state index contributed by atoms with van der Waals surface area (Å²) < 4.78 is 5.00. The maximum absolute atomic E-state index is 5.93. The zero-order chi connectivity index (χ0) is 6.97. The summed E-state index contributed by atoms with van der Waals surface area (Å²) in [4.78, 5) is 0. The van der Waals surface area contributed by atoms with Crippen LogP contribution in [0.5, 0.6) is 0 Å². The SMILES string of the molecule is Cl[C@H]1CCc2oncc2C1. The number of rotatable bonds is 0. The molecule has 1 aliphatic rings. The minimum absolute atomic E-state index is 0.284. The second-order valence-corrected chi connectivity index (χ2v) is 3.23. The van der Waals surface area contributed by atoms with Crippen LogP contribution in [0.3, 0.4) is 0 Å². The van der Waals surface area contributed by atoms with Gasteiger partial charge >= 0.3 is 0 Å². The van der Waals surface area contributed by atoms with Crippen molar-refractivity contribution in [3.63, 3.8) is 0 Å². The smallest absolute Gasteiger partial charge is 0.139 e. The van der Waals surface area contributed by atoms with Gasteiger partial charge < -0.3 is 4.52 Å². The zero-order valence-electron chi connectivity index (χ0n) is 5.51. The van der Waals surface area contributed by atoms with Crippen LogP contribution in [0.2, 0.25) is 0 Å². The van der Waals surface area contributed by atoms with E-state index < -0.39 is 0 Å². The van der Waals surface area contributed by atoms with Crippen LogP contribution >= 0.6 is 11.6 Å². The number of hydrogen-bond donors (Lipinski definition) is 0. The van der Waals surface area contributed by atoms with Gasteiger partial charge in [0.25, 0.3) is 0 Å². The van der Waals surface area contributed by atoms with Crippen molar-refractivity contribution in [2.45, 2.75) is 24.6 Å². The first-order chi connectivity index (χ1) is 4.86. The summed E-state index contributed by atoms with van der Waals surface area (Å²) >= 11 is 5.93. The first-order valence-electron chi connectivity index (χ1n) is 3.43. The molecule has 2 nitrogen and oxygen atoms in total. The molecule has 1 aliphatic carbocycles. The van der Waals surface area contributed by atoms with Gasteiger partial charge in [-0.1, -0.05) is 5.16 Å². The topological polar surface area (TPSA) is 26.0 Å². The minimum atomic E-state index is 0.284. The van der Waals surface area contributed by atoms with Crippen LogP contribution in [0.4, 0.5) is 0 Å². The van der Waals surface area contributed by atoms with E-state index in [0.717, 1.165) is 25.0 Å². The van der Waals surface area contributed by atoms with Crippen molar-refractivity contribution in [1.82, 2.24) is 5.16 Å². The highest BCUT2D eigenvalue weighted by Gasteiger charge is 2.19. The lowest BCUT2D eigenvalue weighted by Crippen LogP contribution is -2.11. The van der Waals surface area contributed by atoms with Crippen LogP contribution in [0.15, 0.2) is 10.7 Å². The van der Waals surface area contributed by atoms with E-state index in [2.05, 4.69) is 5.16 Å². The molecule has 1 atom stereocenters. The van der Waals surface area contributed by atoms with E-state index in [0.29, 0.717) is 0 Å². The van der Waals surface area contributed by atoms with Gasteiger partial charge in [-0.15, -0.1) is 11.6 Å². The van der Waals surface area contributed by atoms with Gasteiger partial charge in [-0.2, -0.15) is 0 Å². The number of aryl methyl sites for hydroxylation is 1. The molecule has 1 heterocycles. The van der Waals surface area contributed by atoms with Gasteiger partial charge in [0.1, 0.15) is 5.76 Å². The molecule has 54 valence electrons. The highest BCUT2D eigenvalue weighted by Crippen LogP contribution is 2.23. The van der Waals surface area contributed by atoms with Crippen LogP contribution in [0, 0.1) is 0 Å². The highest BCUT2D eigenvalue weighted by molar-refractivity contribution is 6.20. The molecule has 0 aliphatic heterocycles. The van der Waals surface area contributed by atoms with Crippen molar-refractivity contribution in [1.29, 1.82) is 0 Å². The fourth-order valence-electron chi connectivity index (χ4n) is 1.29. The lowest BCUT2D eigenvalue weighted by atomic mass is 9.99. The molecular formula is C7H8ClNO. The first kappa shape index (κ1) is 6.23. The second kappa shape index (κ2) is 2.27. The third-order valence-corrected chi connectivity index (χ3v) is 2.23. The maximum atomic E-state index is 5.93. The summed E-state index contributed by atoms with van der Waals surface area (Å²) in [6.45, 7) is 0. The highest BCUT2D eigenvalue weighted by atomic mass is 35.5. The molecule has 0 spiro atoms. The largest absolute Gasteiger partial charge is 0.361 e. The van der Waals surface area contributed by atoms with Crippen LogP contribution in [-0.2, 0) is 12.8 Å². The van der Waals surface area contributed by atoms with Crippen LogP contribution in [0.1, 0.15) is 17.7 Å². The normalized spacial score (nSPS) is 24.3.